The van der Waals surface area contributed by atoms with Crippen LogP contribution in [0.4, 0.5) is 11.4 Å². The molecule has 0 atom stereocenters. The van der Waals surface area contributed by atoms with Gasteiger partial charge in [-0.2, -0.15) is 5.26 Å². The first-order chi connectivity index (χ1) is 13.4. The van der Waals surface area contributed by atoms with Crippen molar-refractivity contribution in [2.24, 2.45) is 0 Å². The number of hydrogen-bond acceptors (Lipinski definition) is 6. The lowest BCUT2D eigenvalue weighted by Crippen LogP contribution is -2.36. The van der Waals surface area contributed by atoms with Crippen LogP contribution in [0.15, 0.2) is 36.4 Å². The molecule has 0 bridgehead atoms. The fraction of sp³-hybridized carbons (Fsp3) is 0.250. The minimum atomic E-state index is -0.408. The fourth-order valence-electron chi connectivity index (χ4n) is 2.60. The van der Waals surface area contributed by atoms with Crippen molar-refractivity contribution in [2.45, 2.75) is 6.92 Å². The molecule has 0 aliphatic heterocycles. The standard InChI is InChI=1S/C20H21N3O5/c1-13(24)23(16-7-5-14(11-21)6-8-16)12-19(25)22-15-9-17(26-2)20(28-4)18(10-15)27-3/h5-10H,12H2,1-4H3,(H,22,25). The summed E-state index contributed by atoms with van der Waals surface area (Å²) < 4.78 is 15.8. The molecule has 0 spiro atoms. The van der Waals surface area contributed by atoms with Crippen molar-refractivity contribution in [3.8, 4) is 23.3 Å². The number of carbonyl (C=O) groups is 2. The second-order valence-corrected chi connectivity index (χ2v) is 5.73. The Hall–Kier alpha value is -3.73. The molecule has 0 aliphatic rings. The molecular weight excluding hydrogens is 362 g/mol. The molecule has 0 unspecified atom stereocenters. The Balaban J connectivity index is 2.21. The Bertz CT molecular complexity index is 878. The Labute approximate surface area is 163 Å². The summed E-state index contributed by atoms with van der Waals surface area (Å²) in [6.45, 7) is 1.17. The fourth-order valence-corrected chi connectivity index (χ4v) is 2.60. The van der Waals surface area contributed by atoms with E-state index in [0.29, 0.717) is 34.2 Å². The number of nitriles is 1. The van der Waals surface area contributed by atoms with Crippen molar-refractivity contribution in [3.05, 3.63) is 42.0 Å². The van der Waals surface area contributed by atoms with E-state index < -0.39 is 5.91 Å². The number of benzene rings is 2. The predicted octanol–water partition coefficient (Wildman–Crippen LogP) is 2.58. The summed E-state index contributed by atoms with van der Waals surface area (Å²) in [6, 6.07) is 11.6. The first-order valence-electron chi connectivity index (χ1n) is 8.31. The summed E-state index contributed by atoms with van der Waals surface area (Å²) in [7, 11) is 4.44. The number of amides is 2. The second-order valence-electron chi connectivity index (χ2n) is 5.73. The summed E-state index contributed by atoms with van der Waals surface area (Å²) in [5.74, 6) is 0.491. The van der Waals surface area contributed by atoms with Crippen molar-refractivity contribution in [3.63, 3.8) is 0 Å². The van der Waals surface area contributed by atoms with Crippen LogP contribution in [-0.4, -0.2) is 39.7 Å². The lowest BCUT2D eigenvalue weighted by atomic mass is 10.2. The maximum absolute atomic E-state index is 12.5. The largest absolute Gasteiger partial charge is 0.493 e. The molecule has 0 aliphatic carbocycles. The van der Waals surface area contributed by atoms with Crippen LogP contribution in [-0.2, 0) is 9.59 Å². The molecule has 0 heterocycles. The zero-order valence-corrected chi connectivity index (χ0v) is 16.1. The zero-order chi connectivity index (χ0) is 20.7. The molecule has 0 aromatic heterocycles. The number of nitrogens with zero attached hydrogens (tertiary/aromatic N) is 2. The highest BCUT2D eigenvalue weighted by molar-refractivity contribution is 6.02. The molecule has 146 valence electrons. The number of methoxy groups -OCH3 is 3. The van der Waals surface area contributed by atoms with Gasteiger partial charge in [-0.25, -0.2) is 0 Å². The van der Waals surface area contributed by atoms with Crippen LogP contribution in [0.5, 0.6) is 17.2 Å². The molecule has 0 fully saturated rings. The normalized spacial score (nSPS) is 9.82. The lowest BCUT2D eigenvalue weighted by molar-refractivity contribution is -0.120. The number of anilines is 2. The van der Waals surface area contributed by atoms with Gasteiger partial charge in [0.15, 0.2) is 11.5 Å². The SMILES string of the molecule is COc1cc(NC(=O)CN(C(C)=O)c2ccc(C#N)cc2)cc(OC)c1OC. The highest BCUT2D eigenvalue weighted by atomic mass is 16.5. The summed E-state index contributed by atoms with van der Waals surface area (Å²) in [5, 5.41) is 11.6. The number of ether oxygens (including phenoxy) is 3. The van der Waals surface area contributed by atoms with Crippen LogP contribution in [0.2, 0.25) is 0 Å². The Morgan fingerprint density at radius 2 is 1.61 bits per heavy atom. The van der Waals surface area contributed by atoms with E-state index in [9.17, 15) is 9.59 Å². The average Bonchev–Trinajstić information content (AvgIpc) is 2.71. The molecule has 2 amide bonds. The minimum Gasteiger partial charge on any atom is -0.493 e. The van der Waals surface area contributed by atoms with E-state index >= 15 is 0 Å². The van der Waals surface area contributed by atoms with E-state index in [1.165, 1.54) is 33.2 Å². The monoisotopic (exact) mass is 383 g/mol. The molecule has 1 N–H and O–H groups in total. The van der Waals surface area contributed by atoms with Gasteiger partial charge < -0.3 is 24.4 Å². The maximum atomic E-state index is 12.5. The van der Waals surface area contributed by atoms with Gasteiger partial charge in [0.1, 0.15) is 6.54 Å². The second kappa shape index (κ2) is 9.28. The van der Waals surface area contributed by atoms with Gasteiger partial charge in [-0.1, -0.05) is 0 Å². The maximum Gasteiger partial charge on any atom is 0.244 e. The van der Waals surface area contributed by atoms with Gasteiger partial charge in [0.25, 0.3) is 0 Å². The van der Waals surface area contributed by atoms with Crippen LogP contribution in [0, 0.1) is 11.3 Å². The van der Waals surface area contributed by atoms with E-state index in [4.69, 9.17) is 19.5 Å². The topological polar surface area (TPSA) is 101 Å². The average molecular weight is 383 g/mol. The molecule has 8 nitrogen and oxygen atoms in total. The van der Waals surface area contributed by atoms with Crippen molar-refractivity contribution in [1.29, 1.82) is 5.26 Å². The van der Waals surface area contributed by atoms with Crippen LogP contribution < -0.4 is 24.4 Å². The van der Waals surface area contributed by atoms with Gasteiger partial charge in [-0.05, 0) is 24.3 Å². The van der Waals surface area contributed by atoms with Crippen molar-refractivity contribution in [1.82, 2.24) is 0 Å². The first-order valence-corrected chi connectivity index (χ1v) is 8.31. The number of hydrogen-bond donors (Lipinski definition) is 1. The first kappa shape index (κ1) is 20.6. The summed E-state index contributed by atoms with van der Waals surface area (Å²) >= 11 is 0. The van der Waals surface area contributed by atoms with Gasteiger partial charge in [-0.3, -0.25) is 9.59 Å². The van der Waals surface area contributed by atoms with E-state index in [0.717, 1.165) is 0 Å². The van der Waals surface area contributed by atoms with E-state index in [1.807, 2.05) is 6.07 Å². The molecule has 0 saturated carbocycles. The highest BCUT2D eigenvalue weighted by Crippen LogP contribution is 2.39. The van der Waals surface area contributed by atoms with Gasteiger partial charge in [0, 0.05) is 30.4 Å². The Morgan fingerprint density at radius 1 is 1.04 bits per heavy atom. The third-order valence-electron chi connectivity index (χ3n) is 3.94. The van der Waals surface area contributed by atoms with Crippen molar-refractivity contribution >= 4 is 23.2 Å². The number of rotatable bonds is 7. The molecule has 28 heavy (non-hydrogen) atoms. The molecule has 2 aromatic carbocycles. The molecular formula is C20H21N3O5. The van der Waals surface area contributed by atoms with E-state index in [2.05, 4.69) is 5.32 Å². The quantitative estimate of drug-likeness (QED) is 0.789. The van der Waals surface area contributed by atoms with Crippen LogP contribution in [0.3, 0.4) is 0 Å². The van der Waals surface area contributed by atoms with Crippen molar-refractivity contribution < 1.29 is 23.8 Å². The van der Waals surface area contributed by atoms with Crippen molar-refractivity contribution in [2.75, 3.05) is 38.1 Å². The van der Waals surface area contributed by atoms with Gasteiger partial charge in [0.05, 0.1) is 33.0 Å². The molecule has 8 heteroatoms. The highest BCUT2D eigenvalue weighted by Gasteiger charge is 2.18. The predicted molar refractivity (Wildman–Crippen MR) is 104 cm³/mol. The lowest BCUT2D eigenvalue weighted by Gasteiger charge is -2.21. The zero-order valence-electron chi connectivity index (χ0n) is 16.1. The van der Waals surface area contributed by atoms with Crippen LogP contribution in [0.1, 0.15) is 12.5 Å². The summed E-state index contributed by atoms with van der Waals surface area (Å²) in [5.41, 5.74) is 1.42. The van der Waals surface area contributed by atoms with Crippen LogP contribution >= 0.6 is 0 Å². The Morgan fingerprint density at radius 3 is 2.04 bits per heavy atom. The van der Waals surface area contributed by atoms with Gasteiger partial charge >= 0.3 is 0 Å². The number of carbonyl (C=O) groups excluding carboxylic acids is 2. The molecule has 0 radical (unpaired) electrons. The summed E-state index contributed by atoms with van der Waals surface area (Å²) in [6.07, 6.45) is 0. The third-order valence-corrected chi connectivity index (χ3v) is 3.94. The minimum absolute atomic E-state index is 0.197. The van der Waals surface area contributed by atoms with Gasteiger partial charge in [-0.15, -0.1) is 0 Å². The number of nitrogens with one attached hydrogen (secondary N) is 1. The van der Waals surface area contributed by atoms with Crippen LogP contribution in [0.25, 0.3) is 0 Å². The van der Waals surface area contributed by atoms with E-state index in [-0.39, 0.29) is 12.5 Å². The third kappa shape index (κ3) is 4.71. The Kier molecular flexibility index (Phi) is 6.82. The molecule has 0 saturated heterocycles. The summed E-state index contributed by atoms with van der Waals surface area (Å²) in [4.78, 5) is 25.8. The van der Waals surface area contributed by atoms with E-state index in [1.54, 1.807) is 36.4 Å². The molecule has 2 aromatic rings. The smallest absolute Gasteiger partial charge is 0.244 e. The van der Waals surface area contributed by atoms with Gasteiger partial charge in [0.2, 0.25) is 17.6 Å². The molecule has 2 rings (SSSR count).